The molecular weight excluding hydrogens is 835 g/mol. The summed E-state index contributed by atoms with van der Waals surface area (Å²) in [5, 5.41) is 33.8. The fourth-order valence-corrected chi connectivity index (χ4v) is 10.1. The number of aliphatic hydroxyl groups is 3. The Hall–Kier alpha value is -3.37. The number of piperidine rings is 1. The zero-order valence-corrected chi connectivity index (χ0v) is 40.6. The molecule has 3 aliphatic heterocycles. The number of hydrogen-bond acceptors (Lipinski definition) is 13. The van der Waals surface area contributed by atoms with E-state index in [0.717, 1.165) is 12.0 Å². The molecule has 3 N–H and O–H groups in total. The minimum Gasteiger partial charge on any atom is -0.460 e. The van der Waals surface area contributed by atoms with Gasteiger partial charge in [-0.1, -0.05) is 71.1 Å². The number of ether oxygens (including phenoxy) is 5. The Morgan fingerprint density at radius 2 is 1.57 bits per heavy atom. The first-order valence-electron chi connectivity index (χ1n) is 23.9. The molecule has 4 aliphatic rings. The average Bonchev–Trinajstić information content (AvgIpc) is 3.28. The van der Waals surface area contributed by atoms with Crippen LogP contribution in [-0.2, 0) is 47.7 Å². The fraction of sp³-hybridized carbons (Fsp3) is 0.745. The van der Waals surface area contributed by atoms with E-state index in [9.17, 15) is 39.3 Å². The normalized spacial score (nSPS) is 39.9. The Morgan fingerprint density at radius 3 is 2.25 bits per heavy atom. The summed E-state index contributed by atoms with van der Waals surface area (Å²) in [5.41, 5.74) is 1.27. The Bertz CT molecular complexity index is 1760. The van der Waals surface area contributed by atoms with Crippen LogP contribution in [0.15, 0.2) is 47.6 Å². The van der Waals surface area contributed by atoms with Crippen molar-refractivity contribution in [1.82, 2.24) is 4.90 Å². The number of Topliss-reactive ketones (excluding diaryl/α,β-unsaturated/α-hetero) is 3. The molecule has 3 heterocycles. The molecular formula is C51H79NO13. The van der Waals surface area contributed by atoms with E-state index in [1.165, 1.54) is 12.0 Å². The number of fused-ring (bicyclic) bond motifs is 3. The summed E-state index contributed by atoms with van der Waals surface area (Å²) >= 11 is 0. The van der Waals surface area contributed by atoms with Gasteiger partial charge in [0.15, 0.2) is 5.78 Å². The summed E-state index contributed by atoms with van der Waals surface area (Å²) in [6, 6.07) is -1.14. The first kappa shape index (κ1) is 54.2. The quantitative estimate of drug-likeness (QED) is 0.156. The first-order valence-corrected chi connectivity index (χ1v) is 23.9. The molecule has 0 radical (unpaired) electrons. The van der Waals surface area contributed by atoms with Crippen LogP contribution in [0.3, 0.4) is 0 Å². The lowest BCUT2D eigenvalue weighted by Gasteiger charge is -2.42. The average molecular weight is 914 g/mol. The molecule has 2 bridgehead atoms. The van der Waals surface area contributed by atoms with Crippen molar-refractivity contribution in [1.29, 1.82) is 0 Å². The van der Waals surface area contributed by atoms with Gasteiger partial charge in [0.05, 0.1) is 24.4 Å². The molecule has 0 aromatic heterocycles. The van der Waals surface area contributed by atoms with Crippen LogP contribution in [0.2, 0.25) is 0 Å². The summed E-state index contributed by atoms with van der Waals surface area (Å²) in [4.78, 5) is 71.8. The number of amides is 1. The Balaban J connectivity index is 1.70. The minimum atomic E-state index is -2.43. The molecule has 0 spiro atoms. The molecule has 1 amide bonds. The van der Waals surface area contributed by atoms with Crippen molar-refractivity contribution >= 4 is 29.2 Å². The van der Waals surface area contributed by atoms with E-state index in [4.69, 9.17) is 23.7 Å². The van der Waals surface area contributed by atoms with Gasteiger partial charge in [-0.2, -0.15) is 0 Å². The van der Waals surface area contributed by atoms with Crippen LogP contribution in [0, 0.1) is 35.5 Å². The van der Waals surface area contributed by atoms with Gasteiger partial charge in [-0.15, -0.1) is 0 Å². The van der Waals surface area contributed by atoms with Gasteiger partial charge < -0.3 is 43.9 Å². The number of hydrogen-bond donors (Lipinski definition) is 3. The van der Waals surface area contributed by atoms with Crippen molar-refractivity contribution < 1.29 is 63.0 Å². The summed E-state index contributed by atoms with van der Waals surface area (Å²) in [7, 11) is 4.52. The molecule has 1 unspecified atom stereocenters. The van der Waals surface area contributed by atoms with Crippen LogP contribution in [0.5, 0.6) is 0 Å². The third-order valence-corrected chi connectivity index (χ3v) is 14.5. The molecule has 4 rings (SSSR count). The molecule has 0 aromatic carbocycles. The van der Waals surface area contributed by atoms with Crippen LogP contribution in [0.4, 0.5) is 0 Å². The maximum atomic E-state index is 14.4. The number of rotatable bonds is 6. The number of aliphatic hydroxyl groups excluding tert-OH is 2. The number of allylic oxidation sites excluding steroid dienone is 6. The van der Waals surface area contributed by atoms with Crippen molar-refractivity contribution in [2.45, 2.75) is 180 Å². The molecule has 2 saturated heterocycles. The SMILES string of the molecule is CO[C@H]1C[C@@H]2CC[C@@H](C)[C@@](O)(O2)C(=O)C(=O)N2CCCC[C@H]2C(=O)O[C@H](C(C)C[C@@H]2CC[C@@H](O)[C@H](OC)C2)CC(=O)[C@H](C)/C=C(\C)[C@@H](O)[C@@H](OC)C(=O)[C@H](C)C[C@H](C)C=C/C=C/C=C\1C. The van der Waals surface area contributed by atoms with Gasteiger partial charge in [-0.3, -0.25) is 19.2 Å². The molecule has 15 atom stereocenters. The predicted molar refractivity (Wildman–Crippen MR) is 245 cm³/mol. The monoisotopic (exact) mass is 914 g/mol. The van der Waals surface area contributed by atoms with Crippen LogP contribution in [-0.4, -0.2) is 132 Å². The number of methoxy groups -OCH3 is 3. The molecule has 1 saturated carbocycles. The highest BCUT2D eigenvalue weighted by atomic mass is 16.6. The van der Waals surface area contributed by atoms with E-state index in [1.807, 2.05) is 58.1 Å². The zero-order chi connectivity index (χ0) is 48.2. The van der Waals surface area contributed by atoms with E-state index in [0.29, 0.717) is 63.4 Å². The smallest absolute Gasteiger partial charge is 0.329 e. The number of carbonyl (C=O) groups is 5. The Labute approximate surface area is 387 Å². The Kier molecular flexibility index (Phi) is 21.0. The number of carbonyl (C=O) groups excluding carboxylic acids is 5. The van der Waals surface area contributed by atoms with E-state index < -0.39 is 83.9 Å². The van der Waals surface area contributed by atoms with Crippen molar-refractivity contribution in [2.24, 2.45) is 35.5 Å². The van der Waals surface area contributed by atoms with Crippen molar-refractivity contribution in [3.8, 4) is 0 Å². The topological polar surface area (TPSA) is 195 Å². The highest BCUT2D eigenvalue weighted by molar-refractivity contribution is 6.39. The predicted octanol–water partition coefficient (Wildman–Crippen LogP) is 6.18. The second kappa shape index (κ2) is 25.1. The maximum absolute atomic E-state index is 14.4. The highest BCUT2D eigenvalue weighted by Crippen LogP contribution is 2.38. The maximum Gasteiger partial charge on any atom is 0.329 e. The van der Waals surface area contributed by atoms with Crippen LogP contribution in [0.25, 0.3) is 0 Å². The van der Waals surface area contributed by atoms with E-state index in [2.05, 4.69) is 0 Å². The highest BCUT2D eigenvalue weighted by Gasteiger charge is 2.53. The lowest BCUT2D eigenvalue weighted by atomic mass is 9.78. The Morgan fingerprint density at radius 1 is 0.846 bits per heavy atom. The largest absolute Gasteiger partial charge is 0.460 e. The first-order chi connectivity index (χ1) is 30.7. The van der Waals surface area contributed by atoms with Crippen molar-refractivity contribution in [2.75, 3.05) is 27.9 Å². The van der Waals surface area contributed by atoms with Gasteiger partial charge >= 0.3 is 5.97 Å². The molecule has 3 fully saturated rings. The standard InChI is InChI=1S/C51H79NO13/c1-30-16-12-11-13-17-31(2)42(61-8)28-38-21-19-36(7)51(60,65-38)48(57)49(58)52-23-15-14-18-39(52)50(59)64-43(33(4)26-37-20-22-40(53)44(27-37)62-9)29-41(54)32(3)25-35(6)46(56)47(63-10)45(55)34(5)24-30/h11-13,16-17,25,30,32-34,36-40,42-44,46-47,53,56,60H,14-15,18-24,26-29H2,1-10H3/b13-11+,16-12?,31-17-,35-25+/t30-,32-,33?,34-,36-,37+,38+,39+,40-,42+,43+,44-,46-,47+,51-/m1/s1. The van der Waals surface area contributed by atoms with Gasteiger partial charge in [0.1, 0.15) is 30.1 Å². The molecule has 65 heavy (non-hydrogen) atoms. The minimum absolute atomic E-state index is 0.0193. The molecule has 14 nitrogen and oxygen atoms in total. The van der Waals surface area contributed by atoms with Crippen molar-refractivity contribution in [3.63, 3.8) is 0 Å². The van der Waals surface area contributed by atoms with Crippen LogP contribution < -0.4 is 0 Å². The third kappa shape index (κ3) is 14.3. The number of cyclic esters (lactones) is 1. The summed E-state index contributed by atoms with van der Waals surface area (Å²) in [5.74, 6) is -7.96. The lowest BCUT2D eigenvalue weighted by Crippen LogP contribution is -2.61. The fourth-order valence-electron chi connectivity index (χ4n) is 10.1. The summed E-state index contributed by atoms with van der Waals surface area (Å²) < 4.78 is 29.4. The van der Waals surface area contributed by atoms with E-state index >= 15 is 0 Å². The van der Waals surface area contributed by atoms with Gasteiger partial charge in [-0.05, 0) is 107 Å². The molecule has 0 aromatic rings. The molecule has 1 aliphatic carbocycles. The second-order valence-corrected chi connectivity index (χ2v) is 19.6. The van der Waals surface area contributed by atoms with Gasteiger partial charge in [0.2, 0.25) is 5.79 Å². The van der Waals surface area contributed by atoms with E-state index in [-0.39, 0.29) is 54.8 Å². The van der Waals surface area contributed by atoms with Gasteiger partial charge in [-0.25, -0.2) is 4.79 Å². The number of ketones is 3. The van der Waals surface area contributed by atoms with Gasteiger partial charge in [0, 0.05) is 58.5 Å². The summed E-state index contributed by atoms with van der Waals surface area (Å²) in [6.45, 7) is 12.7. The van der Waals surface area contributed by atoms with Crippen LogP contribution in [0.1, 0.15) is 126 Å². The third-order valence-electron chi connectivity index (χ3n) is 14.5. The zero-order valence-electron chi connectivity index (χ0n) is 40.6. The second-order valence-electron chi connectivity index (χ2n) is 19.6. The summed E-state index contributed by atoms with van der Waals surface area (Å²) in [6.07, 6.45) is 11.2. The number of esters is 1. The number of nitrogens with zero attached hydrogens (tertiary/aromatic N) is 1. The van der Waals surface area contributed by atoms with Crippen LogP contribution >= 0.6 is 0 Å². The lowest BCUT2D eigenvalue weighted by molar-refractivity contribution is -0.265. The van der Waals surface area contributed by atoms with E-state index in [1.54, 1.807) is 41.1 Å². The van der Waals surface area contributed by atoms with Gasteiger partial charge in [0.25, 0.3) is 11.7 Å². The van der Waals surface area contributed by atoms with Crippen molar-refractivity contribution in [3.05, 3.63) is 47.6 Å². The molecule has 366 valence electrons. The molecule has 14 heteroatoms.